The van der Waals surface area contributed by atoms with Crippen LogP contribution in [0.15, 0.2) is 84.9 Å². The summed E-state index contributed by atoms with van der Waals surface area (Å²) < 4.78 is 4.62. The molecule has 1 unspecified atom stereocenters. The number of carbonyl (C=O) groups is 2. The second-order valence-electron chi connectivity index (χ2n) is 9.41. The Morgan fingerprint density at radius 3 is 2.24 bits per heavy atom. The number of para-hydroxylation sites is 1. The van der Waals surface area contributed by atoms with E-state index in [0.29, 0.717) is 46.4 Å². The van der Waals surface area contributed by atoms with Crippen LogP contribution in [0.4, 0.5) is 0 Å². The van der Waals surface area contributed by atoms with Crippen molar-refractivity contribution >= 4 is 22.8 Å². The first kappa shape index (κ1) is 24.6. The number of likely N-dealkylation sites (tertiary alicyclic amines) is 1. The second kappa shape index (κ2) is 10.5. The Morgan fingerprint density at radius 1 is 0.946 bits per heavy atom. The topological polar surface area (TPSA) is 91.3 Å². The predicted molar refractivity (Wildman–Crippen MR) is 142 cm³/mol. The molecule has 0 radical (unpaired) electrons. The molecule has 37 heavy (non-hydrogen) atoms. The number of quaternary nitrogens is 1. The van der Waals surface area contributed by atoms with E-state index < -0.39 is 22.6 Å². The van der Waals surface area contributed by atoms with Crippen molar-refractivity contribution < 1.29 is 19.0 Å². The van der Waals surface area contributed by atoms with Gasteiger partial charge in [-0.25, -0.2) is 9.78 Å². The van der Waals surface area contributed by atoms with Gasteiger partial charge in [-0.2, -0.15) is 0 Å². The predicted octanol–water partition coefficient (Wildman–Crippen LogP) is 5.15. The lowest BCUT2D eigenvalue weighted by atomic mass is 9.95. The molecule has 1 aliphatic heterocycles. The first-order valence-electron chi connectivity index (χ1n) is 12.5. The summed E-state index contributed by atoms with van der Waals surface area (Å²) in [6, 6.07) is 25.0. The first-order chi connectivity index (χ1) is 18.0. The van der Waals surface area contributed by atoms with E-state index in [4.69, 9.17) is 9.72 Å². The fourth-order valence-corrected chi connectivity index (χ4v) is 5.10. The van der Waals surface area contributed by atoms with Crippen LogP contribution in [0.2, 0.25) is 0 Å². The Morgan fingerprint density at radius 2 is 1.57 bits per heavy atom. The molecule has 1 amide bonds. The summed E-state index contributed by atoms with van der Waals surface area (Å²) in [5, 5.41) is 17.2. The number of carbonyl (C=O) groups excluding carboxylic acids is 2. The van der Waals surface area contributed by atoms with E-state index >= 15 is 0 Å². The molecule has 0 saturated carbocycles. The molecule has 1 N–H and O–H groups in total. The number of aromatic nitrogens is 1. The smallest absolute Gasteiger partial charge is 0.333 e. The highest BCUT2D eigenvalue weighted by Crippen LogP contribution is 2.34. The third-order valence-corrected chi connectivity index (χ3v) is 6.94. The van der Waals surface area contributed by atoms with Gasteiger partial charge in [0.05, 0.1) is 37.0 Å². The van der Waals surface area contributed by atoms with Gasteiger partial charge >= 0.3 is 5.97 Å². The third kappa shape index (κ3) is 5.09. The minimum absolute atomic E-state index is 0.124. The van der Waals surface area contributed by atoms with Gasteiger partial charge in [-0.15, -0.1) is 0 Å². The standard InChI is InChI=1S/C30H29N3O4/c1-37-30(35)28(22-14-6-3-7-15-22)32-29(34)26-23-16-8-9-17-25(23)31-27(21-12-4-2-5-13-21)24(26)20-33(36)18-10-11-19-33/h2-9,12-17,28H,10-11,18-20H2,1H3,(H,32,34). The maximum Gasteiger partial charge on any atom is 0.333 e. The lowest BCUT2D eigenvalue weighted by molar-refractivity contribution is -0.881. The highest BCUT2D eigenvalue weighted by molar-refractivity contribution is 6.10. The van der Waals surface area contributed by atoms with E-state index in [1.54, 1.807) is 24.3 Å². The maximum atomic E-state index is 14.1. The molecule has 188 valence electrons. The summed E-state index contributed by atoms with van der Waals surface area (Å²) in [6.45, 7) is 1.12. The molecular formula is C30H29N3O4. The largest absolute Gasteiger partial charge is 0.633 e. The van der Waals surface area contributed by atoms with Crippen LogP contribution >= 0.6 is 0 Å². The van der Waals surface area contributed by atoms with E-state index in [9.17, 15) is 14.8 Å². The lowest BCUT2D eigenvalue weighted by Gasteiger charge is -2.39. The SMILES string of the molecule is COC(=O)C(NC(=O)c1c(C[N+]2([O-])CCCC2)c(-c2ccccc2)nc2ccccc12)c1ccccc1. The summed E-state index contributed by atoms with van der Waals surface area (Å²) >= 11 is 0. The van der Waals surface area contributed by atoms with E-state index in [0.717, 1.165) is 18.4 Å². The van der Waals surface area contributed by atoms with Crippen molar-refractivity contribution in [3.8, 4) is 11.3 Å². The Bertz CT molecular complexity index is 1420. The number of methoxy groups -OCH3 is 1. The summed E-state index contributed by atoms with van der Waals surface area (Å²) in [7, 11) is 1.30. The highest BCUT2D eigenvalue weighted by atomic mass is 16.5. The van der Waals surface area contributed by atoms with Gasteiger partial charge in [0.2, 0.25) is 0 Å². The summed E-state index contributed by atoms with van der Waals surface area (Å²) in [6.07, 6.45) is 1.70. The van der Waals surface area contributed by atoms with E-state index in [2.05, 4.69) is 5.32 Å². The van der Waals surface area contributed by atoms with E-state index in [1.165, 1.54) is 7.11 Å². The van der Waals surface area contributed by atoms with E-state index in [-0.39, 0.29) is 6.54 Å². The number of rotatable bonds is 7. The average Bonchev–Trinajstić information content (AvgIpc) is 3.37. The molecule has 5 rings (SSSR count). The molecule has 1 aliphatic rings. The number of pyridine rings is 1. The number of ether oxygens (including phenoxy) is 1. The quantitative estimate of drug-likeness (QED) is 0.217. The van der Waals surface area contributed by atoms with Crippen LogP contribution in [0.3, 0.4) is 0 Å². The summed E-state index contributed by atoms with van der Waals surface area (Å²) in [5.74, 6) is -1.02. The minimum Gasteiger partial charge on any atom is -0.633 e. The van der Waals surface area contributed by atoms with Gasteiger partial charge in [0.15, 0.2) is 6.04 Å². The fraction of sp³-hybridized carbons (Fsp3) is 0.233. The molecule has 1 aromatic heterocycles. The number of esters is 1. The number of benzene rings is 3. The molecule has 1 fully saturated rings. The zero-order valence-corrected chi connectivity index (χ0v) is 20.7. The number of hydroxylamine groups is 3. The normalized spacial score (nSPS) is 15.3. The number of hydrogen-bond donors (Lipinski definition) is 1. The van der Waals surface area contributed by atoms with Crippen LogP contribution in [0, 0.1) is 5.21 Å². The van der Waals surface area contributed by atoms with Gasteiger partial charge in [-0.05, 0) is 11.6 Å². The molecule has 3 aromatic carbocycles. The average molecular weight is 496 g/mol. The van der Waals surface area contributed by atoms with Crippen molar-refractivity contribution in [1.82, 2.24) is 10.3 Å². The summed E-state index contributed by atoms with van der Waals surface area (Å²) in [4.78, 5) is 31.8. The fourth-order valence-electron chi connectivity index (χ4n) is 5.10. The van der Waals surface area contributed by atoms with Crippen LogP contribution in [-0.4, -0.2) is 41.7 Å². The zero-order valence-electron chi connectivity index (χ0n) is 20.7. The maximum absolute atomic E-state index is 14.1. The zero-order chi connectivity index (χ0) is 25.8. The summed E-state index contributed by atoms with van der Waals surface area (Å²) in [5.41, 5.74) is 3.65. The molecule has 0 spiro atoms. The molecule has 2 heterocycles. The molecule has 4 aromatic rings. The Balaban J connectivity index is 1.69. The molecule has 7 heteroatoms. The molecular weight excluding hydrogens is 466 g/mol. The van der Waals surface area contributed by atoms with Crippen molar-refractivity contribution in [1.29, 1.82) is 0 Å². The molecule has 0 bridgehead atoms. The number of nitrogens with one attached hydrogen (secondary N) is 1. The van der Waals surface area contributed by atoms with Crippen LogP contribution in [-0.2, 0) is 16.1 Å². The first-order valence-corrected chi connectivity index (χ1v) is 12.5. The number of nitrogens with zero attached hydrogens (tertiary/aromatic N) is 2. The van der Waals surface area contributed by atoms with Crippen molar-refractivity contribution in [3.63, 3.8) is 0 Å². The molecule has 1 saturated heterocycles. The van der Waals surface area contributed by atoms with E-state index in [1.807, 2.05) is 60.7 Å². The molecule has 7 nitrogen and oxygen atoms in total. The molecule has 0 aliphatic carbocycles. The van der Waals surface area contributed by atoms with Crippen LogP contribution in [0.5, 0.6) is 0 Å². The van der Waals surface area contributed by atoms with Gasteiger partial charge < -0.3 is 19.9 Å². The highest BCUT2D eigenvalue weighted by Gasteiger charge is 2.32. The Kier molecular flexibility index (Phi) is 6.99. The number of amides is 1. The van der Waals surface area contributed by atoms with Crippen LogP contribution < -0.4 is 5.32 Å². The third-order valence-electron chi connectivity index (χ3n) is 6.94. The van der Waals surface area contributed by atoms with Gasteiger partial charge in [-0.3, -0.25) is 4.79 Å². The lowest BCUT2D eigenvalue weighted by Crippen LogP contribution is -2.40. The van der Waals surface area contributed by atoms with Crippen molar-refractivity contribution in [3.05, 3.63) is 107 Å². The monoisotopic (exact) mass is 495 g/mol. The Labute approximate surface area is 215 Å². The van der Waals surface area contributed by atoms with Crippen molar-refractivity contribution in [2.45, 2.75) is 25.4 Å². The number of fused-ring (bicyclic) bond motifs is 1. The van der Waals surface area contributed by atoms with Crippen molar-refractivity contribution in [2.24, 2.45) is 0 Å². The van der Waals surface area contributed by atoms with Gasteiger partial charge in [0, 0.05) is 29.4 Å². The van der Waals surface area contributed by atoms with Crippen LogP contribution in [0.25, 0.3) is 22.2 Å². The van der Waals surface area contributed by atoms with Gasteiger partial charge in [0.1, 0.15) is 6.54 Å². The molecule has 1 atom stereocenters. The van der Waals surface area contributed by atoms with Gasteiger partial charge in [-0.1, -0.05) is 78.9 Å². The minimum atomic E-state index is -0.999. The van der Waals surface area contributed by atoms with Crippen LogP contribution in [0.1, 0.15) is 40.4 Å². The van der Waals surface area contributed by atoms with Crippen molar-refractivity contribution in [2.75, 3.05) is 20.2 Å². The second-order valence-corrected chi connectivity index (χ2v) is 9.41. The van der Waals surface area contributed by atoms with Gasteiger partial charge in [0.25, 0.3) is 5.91 Å². The number of hydrogen-bond acceptors (Lipinski definition) is 5. The Hall–Kier alpha value is -4.07.